The van der Waals surface area contributed by atoms with Gasteiger partial charge < -0.3 is 14.3 Å². The second-order valence-electron chi connectivity index (χ2n) is 6.96. The van der Waals surface area contributed by atoms with Gasteiger partial charge in [0.2, 0.25) is 0 Å². The summed E-state index contributed by atoms with van der Waals surface area (Å²) in [6.45, 7) is 3.61. The molecule has 0 radical (unpaired) electrons. The van der Waals surface area contributed by atoms with Crippen LogP contribution in [-0.4, -0.2) is 26.8 Å². The molecule has 2 heterocycles. The number of rotatable bonds is 7. The lowest BCUT2D eigenvalue weighted by atomic mass is 10.1. The minimum absolute atomic E-state index is 0.0184. The Morgan fingerprint density at radius 1 is 1.22 bits per heavy atom. The molecule has 1 aromatic carbocycles. The van der Waals surface area contributed by atoms with Gasteiger partial charge in [0.05, 0.1) is 21.3 Å². The van der Waals surface area contributed by atoms with Crippen LogP contribution in [0, 0.1) is 0 Å². The van der Waals surface area contributed by atoms with E-state index in [2.05, 4.69) is 10.1 Å². The molecule has 0 aliphatic heterocycles. The van der Waals surface area contributed by atoms with Crippen LogP contribution in [0.4, 0.5) is 13.2 Å². The van der Waals surface area contributed by atoms with Crippen LogP contribution in [0.5, 0.6) is 0 Å². The van der Waals surface area contributed by atoms with Crippen LogP contribution in [0.3, 0.4) is 0 Å². The number of halogens is 5. The number of oxime groups is 1. The number of fused-ring (bicyclic) bond motifs is 1. The van der Waals surface area contributed by atoms with E-state index in [0.29, 0.717) is 29.1 Å². The standard InChI is InChI=1S/C22H20Cl2F3N3O2/c1-3-4-20(32-29-13(2)16-6-5-14(7-8-31)9-17(16)23)19-12-30-11-15(22(25,26)27)10-18(24)21(30)28-19/h4-6,9-12,31H,3,7-8H2,1-2H3/b20-4-,29-13+. The number of imidazole rings is 1. The Kier molecular flexibility index (Phi) is 7.48. The molecule has 3 rings (SSSR count). The van der Waals surface area contributed by atoms with E-state index in [-0.39, 0.29) is 28.7 Å². The number of hydrogen-bond acceptors (Lipinski definition) is 4. The van der Waals surface area contributed by atoms with Gasteiger partial charge in [0.15, 0.2) is 11.4 Å². The van der Waals surface area contributed by atoms with Crippen molar-refractivity contribution in [3.63, 3.8) is 0 Å². The zero-order valence-corrected chi connectivity index (χ0v) is 18.8. The maximum Gasteiger partial charge on any atom is 0.417 e. The highest BCUT2D eigenvalue weighted by molar-refractivity contribution is 6.34. The van der Waals surface area contributed by atoms with Crippen molar-refractivity contribution in [2.24, 2.45) is 5.16 Å². The SMILES string of the molecule is CC/C=C(\O/N=C(\C)c1ccc(CCO)cc1Cl)c1cn2cc(C(F)(F)F)cc(Cl)c2n1. The normalized spacial score (nSPS) is 13.1. The Balaban J connectivity index is 1.91. The Morgan fingerprint density at radius 3 is 2.59 bits per heavy atom. The van der Waals surface area contributed by atoms with Crippen LogP contribution in [0.15, 0.2) is 47.9 Å². The predicted molar refractivity (Wildman–Crippen MR) is 119 cm³/mol. The number of alkyl halides is 3. The van der Waals surface area contributed by atoms with Crippen molar-refractivity contribution in [3.8, 4) is 0 Å². The van der Waals surface area contributed by atoms with Gasteiger partial charge in [-0.3, -0.25) is 0 Å². The largest absolute Gasteiger partial charge is 0.417 e. The summed E-state index contributed by atoms with van der Waals surface area (Å²) in [5.74, 6) is 0.271. The summed E-state index contributed by atoms with van der Waals surface area (Å²) in [6.07, 6.45) is 0.568. The van der Waals surface area contributed by atoms with E-state index in [1.54, 1.807) is 25.1 Å². The minimum atomic E-state index is -4.53. The summed E-state index contributed by atoms with van der Waals surface area (Å²) < 4.78 is 40.5. The molecular weight excluding hydrogens is 466 g/mol. The summed E-state index contributed by atoms with van der Waals surface area (Å²) in [5.41, 5.74) is 1.61. The predicted octanol–water partition coefficient (Wildman–Crippen LogP) is 6.39. The first kappa shape index (κ1) is 24.1. The second-order valence-corrected chi connectivity index (χ2v) is 7.78. The van der Waals surface area contributed by atoms with Crippen LogP contribution < -0.4 is 0 Å². The summed E-state index contributed by atoms with van der Waals surface area (Å²) in [7, 11) is 0. The molecule has 0 aliphatic rings. The lowest BCUT2D eigenvalue weighted by Crippen LogP contribution is -2.06. The van der Waals surface area contributed by atoms with E-state index >= 15 is 0 Å². The Morgan fingerprint density at radius 2 is 1.97 bits per heavy atom. The lowest BCUT2D eigenvalue weighted by molar-refractivity contribution is -0.137. The zero-order chi connectivity index (χ0) is 23.5. The molecule has 0 saturated carbocycles. The third-order valence-corrected chi connectivity index (χ3v) is 5.17. The van der Waals surface area contributed by atoms with Gasteiger partial charge in [-0.15, -0.1) is 0 Å². The fourth-order valence-corrected chi connectivity index (χ4v) is 3.61. The van der Waals surface area contributed by atoms with Crippen molar-refractivity contribution in [3.05, 3.63) is 75.2 Å². The van der Waals surface area contributed by atoms with E-state index in [4.69, 9.17) is 33.1 Å². The zero-order valence-electron chi connectivity index (χ0n) is 17.2. The van der Waals surface area contributed by atoms with Gasteiger partial charge in [0.1, 0.15) is 5.69 Å². The van der Waals surface area contributed by atoms with Gasteiger partial charge in [0.25, 0.3) is 0 Å². The first-order valence-electron chi connectivity index (χ1n) is 9.71. The van der Waals surface area contributed by atoms with Crippen molar-refractivity contribution in [2.75, 3.05) is 6.61 Å². The van der Waals surface area contributed by atoms with Crippen LogP contribution in [0.2, 0.25) is 10.0 Å². The molecule has 0 fully saturated rings. The van der Waals surface area contributed by atoms with Crippen molar-refractivity contribution in [2.45, 2.75) is 32.9 Å². The molecule has 0 amide bonds. The average Bonchev–Trinajstić information content (AvgIpc) is 3.15. The van der Waals surface area contributed by atoms with E-state index in [0.717, 1.165) is 17.8 Å². The molecule has 1 N–H and O–H groups in total. The van der Waals surface area contributed by atoms with Gasteiger partial charge in [0, 0.05) is 24.6 Å². The van der Waals surface area contributed by atoms with Crippen LogP contribution in [-0.2, 0) is 17.4 Å². The molecule has 2 aromatic heterocycles. The second kappa shape index (κ2) is 9.94. The monoisotopic (exact) mass is 485 g/mol. The van der Waals surface area contributed by atoms with Gasteiger partial charge >= 0.3 is 6.18 Å². The number of aliphatic hydroxyl groups is 1. The van der Waals surface area contributed by atoms with E-state index in [9.17, 15) is 13.2 Å². The van der Waals surface area contributed by atoms with Crippen molar-refractivity contribution < 1.29 is 23.1 Å². The molecule has 5 nitrogen and oxygen atoms in total. The van der Waals surface area contributed by atoms with E-state index in [1.807, 2.05) is 13.0 Å². The molecular formula is C22H20Cl2F3N3O2. The quantitative estimate of drug-likeness (QED) is 0.239. The average molecular weight is 486 g/mol. The molecule has 170 valence electrons. The number of aliphatic hydroxyl groups excluding tert-OH is 1. The Bertz CT molecular complexity index is 1190. The van der Waals surface area contributed by atoms with Crippen molar-refractivity contribution >= 4 is 40.3 Å². The van der Waals surface area contributed by atoms with Crippen molar-refractivity contribution in [1.82, 2.24) is 9.38 Å². The Hall–Kier alpha value is -2.55. The van der Waals surface area contributed by atoms with Crippen LogP contribution >= 0.6 is 23.2 Å². The summed E-state index contributed by atoms with van der Waals surface area (Å²) in [4.78, 5) is 9.90. The molecule has 32 heavy (non-hydrogen) atoms. The third kappa shape index (κ3) is 5.43. The van der Waals surface area contributed by atoms with Gasteiger partial charge in [-0.25, -0.2) is 4.98 Å². The summed E-state index contributed by atoms with van der Waals surface area (Å²) in [5, 5.41) is 13.5. The number of aromatic nitrogens is 2. The van der Waals surface area contributed by atoms with Crippen LogP contribution in [0.25, 0.3) is 11.4 Å². The molecule has 0 unspecified atom stereocenters. The van der Waals surface area contributed by atoms with E-state index < -0.39 is 11.7 Å². The first-order chi connectivity index (χ1) is 15.1. The smallest absolute Gasteiger partial charge is 0.396 e. The third-order valence-electron chi connectivity index (χ3n) is 4.58. The molecule has 0 aliphatic carbocycles. The summed E-state index contributed by atoms with van der Waals surface area (Å²) >= 11 is 12.3. The molecule has 0 atom stereocenters. The maximum absolute atomic E-state index is 13.1. The first-order valence-corrected chi connectivity index (χ1v) is 10.5. The fraction of sp³-hybridized carbons (Fsp3) is 0.273. The summed E-state index contributed by atoms with van der Waals surface area (Å²) in [6, 6.07) is 6.20. The number of hydrogen-bond donors (Lipinski definition) is 1. The number of pyridine rings is 1. The highest BCUT2D eigenvalue weighted by atomic mass is 35.5. The van der Waals surface area contributed by atoms with E-state index in [1.165, 1.54) is 10.6 Å². The van der Waals surface area contributed by atoms with Gasteiger partial charge in [-0.1, -0.05) is 47.4 Å². The number of benzene rings is 1. The highest BCUT2D eigenvalue weighted by Gasteiger charge is 2.32. The van der Waals surface area contributed by atoms with Crippen LogP contribution in [0.1, 0.15) is 42.7 Å². The molecule has 3 aromatic rings. The van der Waals surface area contributed by atoms with Crippen molar-refractivity contribution in [1.29, 1.82) is 0 Å². The number of allylic oxidation sites excluding steroid dienone is 1. The van der Waals surface area contributed by atoms with Gasteiger partial charge in [-0.2, -0.15) is 13.2 Å². The minimum Gasteiger partial charge on any atom is -0.396 e. The number of nitrogens with zero attached hydrogens (tertiary/aromatic N) is 3. The maximum atomic E-state index is 13.1. The highest BCUT2D eigenvalue weighted by Crippen LogP contribution is 2.33. The topological polar surface area (TPSA) is 59.1 Å². The molecule has 10 heteroatoms. The Labute approximate surface area is 192 Å². The lowest BCUT2D eigenvalue weighted by Gasteiger charge is -2.07. The van der Waals surface area contributed by atoms with Gasteiger partial charge in [-0.05, 0) is 43.5 Å². The fourth-order valence-electron chi connectivity index (χ4n) is 3.01. The molecule has 0 bridgehead atoms. The molecule has 0 spiro atoms. The molecule has 0 saturated heterocycles.